The van der Waals surface area contributed by atoms with Gasteiger partial charge in [0.1, 0.15) is 12.6 Å². The maximum absolute atomic E-state index is 14.4. The second-order valence-electron chi connectivity index (χ2n) is 14.6. The molecular formula is C41H50N6O6S. The van der Waals surface area contributed by atoms with E-state index in [4.69, 9.17) is 0 Å². The minimum atomic E-state index is -4.04. The van der Waals surface area contributed by atoms with Crippen LogP contribution < -0.4 is 5.32 Å². The number of nitroso groups, excluding NO2 is 1. The summed E-state index contributed by atoms with van der Waals surface area (Å²) in [5, 5.41) is 18.9. The number of sulfonamides is 1. The fraction of sp³-hybridized carbons (Fsp3) is 0.439. The molecule has 6 rings (SSSR count). The lowest BCUT2D eigenvalue weighted by Gasteiger charge is -2.36. The van der Waals surface area contributed by atoms with Gasteiger partial charge in [-0.25, -0.2) is 13.2 Å². The van der Waals surface area contributed by atoms with Crippen molar-refractivity contribution in [1.82, 2.24) is 24.4 Å². The number of benzene rings is 3. The number of hydrogen-bond acceptors (Lipinski definition) is 8. The first-order valence-electron chi connectivity index (χ1n) is 18.9. The van der Waals surface area contributed by atoms with Crippen LogP contribution in [0.3, 0.4) is 0 Å². The zero-order valence-electron chi connectivity index (χ0n) is 31.0. The van der Waals surface area contributed by atoms with Gasteiger partial charge in [-0.2, -0.15) is 9.21 Å². The summed E-state index contributed by atoms with van der Waals surface area (Å²) in [6.07, 6.45) is 4.16. The molecule has 1 saturated heterocycles. The van der Waals surface area contributed by atoms with Crippen molar-refractivity contribution in [2.75, 3.05) is 26.2 Å². The first kappa shape index (κ1) is 39.0. The van der Waals surface area contributed by atoms with E-state index in [1.807, 2.05) is 74.5 Å². The third kappa shape index (κ3) is 8.97. The predicted octanol–water partition coefficient (Wildman–Crippen LogP) is 5.73. The largest absolute Gasteiger partial charge is 0.390 e. The molecule has 4 atom stereocenters. The molecule has 1 aliphatic heterocycles. The summed E-state index contributed by atoms with van der Waals surface area (Å²) in [6.45, 7) is 5.06. The number of para-hydroxylation sites is 1. The van der Waals surface area contributed by atoms with Crippen LogP contribution in [0, 0.1) is 16.7 Å². The summed E-state index contributed by atoms with van der Waals surface area (Å²) in [5.74, 6) is -0.420. The SMILES string of the molecule is CC[C@H](C)[C@@H](C(=O)N[C@@H](Cc1ccccc1)[C@H](O)CN(CC1CCC1)S(=O)(=O)c1ccc(CN=O)cc1)N1CCN(Cc2ccnc3ccccc23)C1=O. The minimum absolute atomic E-state index is 0.0565. The molecule has 1 aromatic heterocycles. The third-order valence-electron chi connectivity index (χ3n) is 11.0. The van der Waals surface area contributed by atoms with Crippen molar-refractivity contribution in [3.63, 3.8) is 0 Å². The number of aromatic nitrogens is 1. The Kier molecular flexibility index (Phi) is 12.7. The van der Waals surface area contributed by atoms with E-state index in [0.29, 0.717) is 31.6 Å². The normalized spacial score (nSPS) is 17.3. The van der Waals surface area contributed by atoms with E-state index in [2.05, 4.69) is 15.5 Å². The summed E-state index contributed by atoms with van der Waals surface area (Å²) >= 11 is 0. The van der Waals surface area contributed by atoms with Gasteiger partial charge < -0.3 is 20.2 Å². The van der Waals surface area contributed by atoms with E-state index in [-0.39, 0.29) is 54.7 Å². The lowest BCUT2D eigenvalue weighted by atomic mass is 9.85. The van der Waals surface area contributed by atoms with Crippen LogP contribution in [0.5, 0.6) is 0 Å². The van der Waals surface area contributed by atoms with Crippen molar-refractivity contribution in [2.45, 2.75) is 82.1 Å². The quantitative estimate of drug-likeness (QED) is 0.123. The highest BCUT2D eigenvalue weighted by Gasteiger charge is 2.41. The van der Waals surface area contributed by atoms with E-state index >= 15 is 0 Å². The molecule has 2 aliphatic rings. The molecule has 0 radical (unpaired) electrons. The molecule has 3 amide bonds. The average Bonchev–Trinajstić information content (AvgIpc) is 3.51. The van der Waals surface area contributed by atoms with Gasteiger partial charge in [0.25, 0.3) is 0 Å². The molecule has 4 aromatic rings. The summed E-state index contributed by atoms with van der Waals surface area (Å²) in [4.78, 5) is 47.1. The number of aliphatic hydroxyl groups excluding tert-OH is 1. The van der Waals surface area contributed by atoms with Gasteiger partial charge in [0.15, 0.2) is 0 Å². The Hall–Kier alpha value is -4.72. The molecule has 13 heteroatoms. The van der Waals surface area contributed by atoms with Crippen molar-refractivity contribution >= 4 is 32.9 Å². The van der Waals surface area contributed by atoms with Gasteiger partial charge in [-0.1, -0.05) is 92.5 Å². The first-order valence-corrected chi connectivity index (χ1v) is 20.3. The van der Waals surface area contributed by atoms with Crippen molar-refractivity contribution in [3.8, 4) is 0 Å². The highest BCUT2D eigenvalue weighted by atomic mass is 32.2. The molecule has 1 saturated carbocycles. The van der Waals surface area contributed by atoms with Crippen LogP contribution in [0.1, 0.15) is 56.2 Å². The molecule has 1 aliphatic carbocycles. The minimum Gasteiger partial charge on any atom is -0.390 e. The molecule has 3 aromatic carbocycles. The highest BCUT2D eigenvalue weighted by Crippen LogP contribution is 2.30. The number of fused-ring (bicyclic) bond motifs is 1. The van der Waals surface area contributed by atoms with E-state index in [0.717, 1.165) is 41.3 Å². The zero-order valence-corrected chi connectivity index (χ0v) is 31.8. The Morgan fingerprint density at radius 3 is 2.41 bits per heavy atom. The van der Waals surface area contributed by atoms with Gasteiger partial charge >= 0.3 is 6.03 Å². The number of nitrogens with one attached hydrogen (secondary N) is 1. The van der Waals surface area contributed by atoms with E-state index in [1.54, 1.807) is 28.1 Å². The number of carbonyl (C=O) groups excluding carboxylic acids is 2. The van der Waals surface area contributed by atoms with Gasteiger partial charge in [0, 0.05) is 44.3 Å². The van der Waals surface area contributed by atoms with E-state index in [1.165, 1.54) is 16.4 Å². The van der Waals surface area contributed by atoms with Crippen molar-refractivity contribution < 1.29 is 23.1 Å². The summed E-state index contributed by atoms with van der Waals surface area (Å²) in [7, 11) is -4.04. The Morgan fingerprint density at radius 2 is 1.72 bits per heavy atom. The maximum atomic E-state index is 14.4. The number of pyridine rings is 1. The monoisotopic (exact) mass is 754 g/mol. The smallest absolute Gasteiger partial charge is 0.321 e. The molecule has 2 N–H and O–H groups in total. The molecular weight excluding hydrogens is 705 g/mol. The van der Waals surface area contributed by atoms with Crippen molar-refractivity contribution in [3.05, 3.63) is 113 Å². The Bertz CT molecular complexity index is 2000. The average molecular weight is 755 g/mol. The number of amides is 3. The Morgan fingerprint density at radius 1 is 1.00 bits per heavy atom. The van der Waals surface area contributed by atoms with Crippen LogP contribution in [0.2, 0.25) is 0 Å². The van der Waals surface area contributed by atoms with Crippen LogP contribution in [0.15, 0.2) is 101 Å². The Balaban J connectivity index is 1.23. The summed E-state index contributed by atoms with van der Waals surface area (Å²) < 4.78 is 29.5. The van der Waals surface area contributed by atoms with Crippen LogP contribution in [0.4, 0.5) is 4.79 Å². The molecule has 2 fully saturated rings. The highest BCUT2D eigenvalue weighted by molar-refractivity contribution is 7.89. The second kappa shape index (κ2) is 17.6. The lowest BCUT2D eigenvalue weighted by molar-refractivity contribution is -0.128. The Labute approximate surface area is 317 Å². The predicted molar refractivity (Wildman–Crippen MR) is 208 cm³/mol. The van der Waals surface area contributed by atoms with Gasteiger partial charge in [0.2, 0.25) is 15.9 Å². The second-order valence-corrected chi connectivity index (χ2v) is 16.6. The summed E-state index contributed by atoms with van der Waals surface area (Å²) in [6, 6.07) is 23.3. The van der Waals surface area contributed by atoms with Crippen molar-refractivity contribution in [1.29, 1.82) is 0 Å². The fourth-order valence-electron chi connectivity index (χ4n) is 7.41. The van der Waals surface area contributed by atoms with Gasteiger partial charge in [-0.15, -0.1) is 0 Å². The molecule has 0 spiro atoms. The molecule has 286 valence electrons. The van der Waals surface area contributed by atoms with Crippen LogP contribution in [-0.2, 0) is 34.3 Å². The fourth-order valence-corrected chi connectivity index (χ4v) is 8.95. The van der Waals surface area contributed by atoms with Gasteiger partial charge in [0.05, 0.1) is 22.6 Å². The number of aliphatic hydroxyl groups is 1. The standard InChI is InChI=1S/C41H50N6O6S/c1-3-29(2)39(47-23-22-45(41(47)50)27-33-20-21-42-36-15-8-7-14-35(33)36)40(49)44-37(24-30-10-5-4-6-11-30)38(48)28-46(26-32-12-9-13-32)54(52,53)34-18-16-31(17-19-34)25-43-51/h4-8,10-11,14-21,29,32,37-39,48H,3,9,12-13,22-28H2,1-2H3,(H,44,49)/t29-,37-,38+,39-/m0/s1. The molecule has 12 nitrogen and oxygen atoms in total. The topological polar surface area (TPSA) is 153 Å². The zero-order chi connectivity index (χ0) is 38.2. The summed E-state index contributed by atoms with van der Waals surface area (Å²) in [5.41, 5.74) is 3.29. The lowest BCUT2D eigenvalue weighted by Crippen LogP contribution is -2.57. The van der Waals surface area contributed by atoms with Crippen LogP contribution in [-0.4, -0.2) is 88.9 Å². The molecule has 0 bridgehead atoms. The number of urea groups is 1. The van der Waals surface area contributed by atoms with Crippen molar-refractivity contribution in [2.24, 2.45) is 17.0 Å². The van der Waals surface area contributed by atoms with Crippen LogP contribution >= 0.6 is 0 Å². The van der Waals surface area contributed by atoms with E-state index < -0.39 is 28.2 Å². The third-order valence-corrected chi connectivity index (χ3v) is 12.8. The number of carbonyl (C=O) groups is 2. The number of hydrogen-bond donors (Lipinski definition) is 2. The van der Waals surface area contributed by atoms with Gasteiger partial charge in [-0.3, -0.25) is 9.78 Å². The van der Waals surface area contributed by atoms with E-state index in [9.17, 15) is 28.0 Å². The van der Waals surface area contributed by atoms with Crippen LogP contribution in [0.25, 0.3) is 10.9 Å². The maximum Gasteiger partial charge on any atom is 0.321 e. The number of nitrogens with zero attached hydrogens (tertiary/aromatic N) is 5. The first-order chi connectivity index (χ1) is 26.1. The molecule has 0 unspecified atom stereocenters. The molecule has 54 heavy (non-hydrogen) atoms. The number of rotatable bonds is 18. The van der Waals surface area contributed by atoms with Gasteiger partial charge in [-0.05, 0) is 72.1 Å². The molecule has 2 heterocycles.